The van der Waals surface area contributed by atoms with Gasteiger partial charge in [-0.1, -0.05) is 41.9 Å². The Balaban J connectivity index is 0.00000261. The topological polar surface area (TPSA) is 78.0 Å². The van der Waals surface area contributed by atoms with Gasteiger partial charge in [0.1, 0.15) is 6.33 Å². The number of nitrogens with zero attached hydrogens (tertiary/aromatic N) is 3. The van der Waals surface area contributed by atoms with Gasteiger partial charge >= 0.3 is 0 Å². The fourth-order valence-corrected chi connectivity index (χ4v) is 2.81. The summed E-state index contributed by atoms with van der Waals surface area (Å²) in [5, 5.41) is 14.2. The maximum atomic E-state index is 6.01. The molecule has 3 aromatic rings. The van der Waals surface area contributed by atoms with E-state index in [2.05, 4.69) is 49.0 Å². The highest BCUT2D eigenvalue weighted by Gasteiger charge is 2.03. The molecule has 2 aromatic carbocycles. The quantitative estimate of drug-likeness (QED) is 0.277. The molecule has 0 amide bonds. The average Bonchev–Trinajstić information content (AvgIpc) is 3.20. The van der Waals surface area contributed by atoms with Crippen LogP contribution in [0.25, 0.3) is 11.4 Å². The number of nitrogens with one attached hydrogen (secondary N) is 3. The Bertz CT molecular complexity index is 866. The van der Waals surface area contributed by atoms with Gasteiger partial charge in [0.05, 0.1) is 0 Å². The smallest absolute Gasteiger partial charge is 0.191 e. The highest BCUT2D eigenvalue weighted by Crippen LogP contribution is 2.15. The second kappa shape index (κ2) is 10.9. The van der Waals surface area contributed by atoms with Crippen LogP contribution in [0.2, 0.25) is 5.02 Å². The Morgan fingerprint density at radius 3 is 2.67 bits per heavy atom. The van der Waals surface area contributed by atoms with Crippen molar-refractivity contribution in [3.63, 3.8) is 0 Å². The van der Waals surface area contributed by atoms with E-state index in [1.807, 2.05) is 30.3 Å². The number of aromatic amines is 1. The number of H-pyrrole nitrogens is 1. The summed E-state index contributed by atoms with van der Waals surface area (Å²) in [5.41, 5.74) is 3.34. The Kier molecular flexibility index (Phi) is 8.53. The molecular weight excluding hydrogens is 475 g/mol. The standard InChI is InChI=1S/C19H21ClN6.HI/c1-21-19(22-9-8-14-4-3-7-17(20)11-14)23-12-15-5-2-6-16(10-15)18-24-13-25-26-18;/h2-7,10-11,13H,8-9,12H2,1H3,(H2,21,22,23)(H,24,25,26);1H. The highest BCUT2D eigenvalue weighted by molar-refractivity contribution is 14.0. The lowest BCUT2D eigenvalue weighted by Gasteiger charge is -2.12. The molecule has 27 heavy (non-hydrogen) atoms. The van der Waals surface area contributed by atoms with Gasteiger partial charge in [0.2, 0.25) is 0 Å². The zero-order valence-electron chi connectivity index (χ0n) is 14.9. The number of hydrogen-bond donors (Lipinski definition) is 3. The first-order valence-corrected chi connectivity index (χ1v) is 8.76. The Labute approximate surface area is 180 Å². The molecule has 0 spiro atoms. The van der Waals surface area contributed by atoms with E-state index in [-0.39, 0.29) is 24.0 Å². The largest absolute Gasteiger partial charge is 0.356 e. The molecule has 0 bridgehead atoms. The van der Waals surface area contributed by atoms with Crippen LogP contribution in [0.5, 0.6) is 0 Å². The molecule has 0 aliphatic rings. The highest BCUT2D eigenvalue weighted by atomic mass is 127. The third kappa shape index (κ3) is 6.51. The van der Waals surface area contributed by atoms with Gasteiger partial charge < -0.3 is 10.6 Å². The van der Waals surface area contributed by atoms with Crippen LogP contribution in [0.1, 0.15) is 11.1 Å². The minimum Gasteiger partial charge on any atom is -0.356 e. The first-order valence-electron chi connectivity index (χ1n) is 8.38. The Morgan fingerprint density at radius 1 is 1.11 bits per heavy atom. The second-order valence-electron chi connectivity index (χ2n) is 5.77. The summed E-state index contributed by atoms with van der Waals surface area (Å²) in [5.74, 6) is 1.52. The number of hydrogen-bond acceptors (Lipinski definition) is 3. The molecule has 3 rings (SSSR count). The van der Waals surface area contributed by atoms with Crippen molar-refractivity contribution >= 4 is 41.5 Å². The summed E-state index contributed by atoms with van der Waals surface area (Å²) >= 11 is 6.01. The Hall–Kier alpha value is -2.13. The van der Waals surface area contributed by atoms with Gasteiger partial charge in [0.15, 0.2) is 11.8 Å². The van der Waals surface area contributed by atoms with E-state index in [4.69, 9.17) is 11.6 Å². The van der Waals surface area contributed by atoms with Crippen molar-refractivity contribution in [2.45, 2.75) is 13.0 Å². The molecule has 0 saturated heterocycles. The van der Waals surface area contributed by atoms with E-state index in [0.29, 0.717) is 6.54 Å². The van der Waals surface area contributed by atoms with Crippen LogP contribution in [0.4, 0.5) is 0 Å². The van der Waals surface area contributed by atoms with Crippen molar-refractivity contribution in [3.05, 3.63) is 71.0 Å². The molecule has 3 N–H and O–H groups in total. The SMILES string of the molecule is CN=C(NCCc1cccc(Cl)c1)NCc1cccc(-c2ncn[nH]2)c1.I. The van der Waals surface area contributed by atoms with Crippen molar-refractivity contribution in [3.8, 4) is 11.4 Å². The lowest BCUT2D eigenvalue weighted by atomic mass is 10.1. The molecule has 0 unspecified atom stereocenters. The summed E-state index contributed by atoms with van der Waals surface area (Å²) in [6, 6.07) is 16.0. The second-order valence-corrected chi connectivity index (χ2v) is 6.20. The fourth-order valence-electron chi connectivity index (χ4n) is 2.60. The minimum absolute atomic E-state index is 0. The lowest BCUT2D eigenvalue weighted by Crippen LogP contribution is -2.37. The third-order valence-corrected chi connectivity index (χ3v) is 4.13. The van der Waals surface area contributed by atoms with Gasteiger partial charge in [0.25, 0.3) is 0 Å². The number of rotatable bonds is 6. The molecule has 0 atom stereocenters. The van der Waals surface area contributed by atoms with Gasteiger partial charge in [-0.2, -0.15) is 5.10 Å². The van der Waals surface area contributed by atoms with Gasteiger partial charge in [-0.15, -0.1) is 24.0 Å². The monoisotopic (exact) mass is 496 g/mol. The minimum atomic E-state index is 0. The molecule has 0 fully saturated rings. The summed E-state index contributed by atoms with van der Waals surface area (Å²) in [7, 11) is 1.76. The molecule has 8 heteroatoms. The average molecular weight is 497 g/mol. The van der Waals surface area contributed by atoms with Crippen LogP contribution < -0.4 is 10.6 Å². The van der Waals surface area contributed by atoms with Crippen LogP contribution >= 0.6 is 35.6 Å². The van der Waals surface area contributed by atoms with Crippen molar-refractivity contribution < 1.29 is 0 Å². The normalized spacial score (nSPS) is 11.0. The third-order valence-electron chi connectivity index (χ3n) is 3.89. The molecule has 142 valence electrons. The molecule has 0 aliphatic carbocycles. The number of aromatic nitrogens is 3. The first kappa shape index (κ1) is 21.2. The molecular formula is C19H22ClIN6. The predicted molar refractivity (Wildman–Crippen MR) is 121 cm³/mol. The van der Waals surface area contributed by atoms with Gasteiger partial charge in [-0.25, -0.2) is 4.98 Å². The van der Waals surface area contributed by atoms with Crippen molar-refractivity contribution in [2.75, 3.05) is 13.6 Å². The van der Waals surface area contributed by atoms with Crippen LogP contribution in [0.3, 0.4) is 0 Å². The van der Waals surface area contributed by atoms with Crippen molar-refractivity contribution in [2.24, 2.45) is 4.99 Å². The van der Waals surface area contributed by atoms with Crippen molar-refractivity contribution in [1.29, 1.82) is 0 Å². The van der Waals surface area contributed by atoms with Crippen LogP contribution in [-0.2, 0) is 13.0 Å². The predicted octanol–water partition coefficient (Wildman–Crippen LogP) is 3.65. The van der Waals surface area contributed by atoms with E-state index in [1.165, 1.54) is 11.9 Å². The Morgan fingerprint density at radius 2 is 1.93 bits per heavy atom. The fraction of sp³-hybridized carbons (Fsp3) is 0.211. The summed E-state index contributed by atoms with van der Waals surface area (Å²) in [6.45, 7) is 1.44. The molecule has 1 heterocycles. The van der Waals surface area contributed by atoms with Crippen molar-refractivity contribution in [1.82, 2.24) is 25.8 Å². The molecule has 0 saturated carbocycles. The zero-order valence-corrected chi connectivity index (χ0v) is 18.0. The molecule has 6 nitrogen and oxygen atoms in total. The summed E-state index contributed by atoms with van der Waals surface area (Å²) in [4.78, 5) is 8.45. The van der Waals surface area contributed by atoms with Crippen LogP contribution in [0, 0.1) is 0 Å². The number of benzene rings is 2. The number of guanidine groups is 1. The van der Waals surface area contributed by atoms with E-state index in [1.54, 1.807) is 7.05 Å². The summed E-state index contributed by atoms with van der Waals surface area (Å²) < 4.78 is 0. The molecule has 0 radical (unpaired) electrons. The zero-order chi connectivity index (χ0) is 18.2. The first-order chi connectivity index (χ1) is 12.7. The number of aliphatic imine (C=N–C) groups is 1. The lowest BCUT2D eigenvalue weighted by molar-refractivity contribution is 0.795. The maximum absolute atomic E-state index is 6.01. The number of halogens is 2. The van der Waals surface area contributed by atoms with Gasteiger partial charge in [-0.05, 0) is 35.7 Å². The van der Waals surface area contributed by atoms with Crippen LogP contribution in [0.15, 0.2) is 59.9 Å². The molecule has 1 aromatic heterocycles. The van der Waals surface area contributed by atoms with E-state index >= 15 is 0 Å². The van der Waals surface area contributed by atoms with E-state index < -0.39 is 0 Å². The van der Waals surface area contributed by atoms with E-state index in [9.17, 15) is 0 Å². The van der Waals surface area contributed by atoms with Gasteiger partial charge in [0, 0.05) is 30.7 Å². The van der Waals surface area contributed by atoms with E-state index in [0.717, 1.165) is 40.9 Å². The summed E-state index contributed by atoms with van der Waals surface area (Å²) in [6.07, 6.45) is 2.38. The maximum Gasteiger partial charge on any atom is 0.191 e. The van der Waals surface area contributed by atoms with Crippen LogP contribution in [-0.4, -0.2) is 34.7 Å². The molecule has 0 aliphatic heterocycles. The van der Waals surface area contributed by atoms with Gasteiger partial charge in [-0.3, -0.25) is 10.1 Å².